The highest BCUT2D eigenvalue weighted by Crippen LogP contribution is 2.41. The van der Waals surface area contributed by atoms with Crippen LogP contribution in [0, 0.1) is 5.92 Å². The molecule has 3 fully saturated rings. The smallest absolute Gasteiger partial charge is 0.170 e. The van der Waals surface area contributed by atoms with E-state index in [2.05, 4.69) is 18.9 Å². The van der Waals surface area contributed by atoms with Crippen molar-refractivity contribution in [3.63, 3.8) is 0 Å². The molecule has 4 nitrogen and oxygen atoms in total. The van der Waals surface area contributed by atoms with E-state index in [4.69, 9.17) is 9.47 Å². The maximum atomic E-state index is 10.3. The minimum Gasteiger partial charge on any atom is -0.391 e. The van der Waals surface area contributed by atoms with Gasteiger partial charge in [-0.2, -0.15) is 0 Å². The normalized spacial score (nSPS) is 37.3. The summed E-state index contributed by atoms with van der Waals surface area (Å²) in [4.78, 5) is 2.36. The fraction of sp³-hybridized carbons (Fsp3) is 1.00. The minimum atomic E-state index is -0.401. The fourth-order valence-electron chi connectivity index (χ4n) is 3.50. The Hall–Kier alpha value is -0.160. The number of rotatable bonds is 3. The molecule has 3 rings (SSSR count). The van der Waals surface area contributed by atoms with E-state index in [1.165, 1.54) is 12.8 Å². The van der Waals surface area contributed by atoms with Gasteiger partial charge in [0.05, 0.1) is 19.3 Å². The summed E-state index contributed by atoms with van der Waals surface area (Å²) in [7, 11) is 2.14. The number of likely N-dealkylation sites (N-methyl/N-ethyl adjacent to an activating group) is 1. The predicted octanol–water partition coefficient (Wildman–Crippen LogP) is 1.37. The highest BCUT2D eigenvalue weighted by molar-refractivity contribution is 4.95. The van der Waals surface area contributed by atoms with Gasteiger partial charge in [-0.15, -0.1) is 0 Å². The summed E-state index contributed by atoms with van der Waals surface area (Å²) in [5.41, 5.74) is 0. The molecule has 0 aromatic carbocycles. The first kappa shape index (κ1) is 12.9. The molecule has 2 saturated carbocycles. The lowest BCUT2D eigenvalue weighted by Gasteiger charge is -2.44. The van der Waals surface area contributed by atoms with Gasteiger partial charge in [0.25, 0.3) is 0 Å². The van der Waals surface area contributed by atoms with E-state index in [1.807, 2.05) is 0 Å². The van der Waals surface area contributed by atoms with Crippen LogP contribution in [0.4, 0.5) is 0 Å². The minimum absolute atomic E-state index is 0.174. The molecule has 0 bridgehead atoms. The number of hydrogen-bond acceptors (Lipinski definition) is 4. The Kier molecular flexibility index (Phi) is 3.39. The second-order valence-corrected chi connectivity index (χ2v) is 6.23. The lowest BCUT2D eigenvalue weighted by atomic mass is 9.86. The summed E-state index contributed by atoms with van der Waals surface area (Å²) < 4.78 is 11.6. The summed E-state index contributed by atoms with van der Waals surface area (Å²) in [6.45, 7) is 3.68. The maximum absolute atomic E-state index is 10.3. The summed E-state index contributed by atoms with van der Waals surface area (Å²) in [6, 6.07) is 0.730. The highest BCUT2D eigenvalue weighted by Gasteiger charge is 2.47. The Morgan fingerprint density at radius 3 is 2.50 bits per heavy atom. The topological polar surface area (TPSA) is 41.9 Å². The molecule has 2 aliphatic carbocycles. The third-order valence-corrected chi connectivity index (χ3v) is 5.07. The molecular weight excluding hydrogens is 230 g/mol. The van der Waals surface area contributed by atoms with Crippen molar-refractivity contribution < 1.29 is 14.6 Å². The molecule has 1 spiro atoms. The third-order valence-electron chi connectivity index (χ3n) is 5.07. The summed E-state index contributed by atoms with van der Waals surface area (Å²) in [5.74, 6) is 0.423. The Morgan fingerprint density at radius 2 is 1.89 bits per heavy atom. The van der Waals surface area contributed by atoms with E-state index < -0.39 is 5.79 Å². The van der Waals surface area contributed by atoms with Crippen LogP contribution in [0.1, 0.15) is 39.0 Å². The van der Waals surface area contributed by atoms with Crippen molar-refractivity contribution in [2.45, 2.75) is 63.0 Å². The average Bonchev–Trinajstić information content (AvgIpc) is 3.13. The number of aliphatic hydroxyl groups is 1. The van der Waals surface area contributed by atoms with E-state index in [9.17, 15) is 5.11 Å². The highest BCUT2D eigenvalue weighted by atomic mass is 16.7. The van der Waals surface area contributed by atoms with Crippen molar-refractivity contribution in [2.75, 3.05) is 20.3 Å². The van der Waals surface area contributed by atoms with Crippen LogP contribution in [-0.2, 0) is 9.47 Å². The molecule has 1 saturated heterocycles. The van der Waals surface area contributed by atoms with E-state index in [-0.39, 0.29) is 12.1 Å². The van der Waals surface area contributed by atoms with Crippen molar-refractivity contribution in [1.29, 1.82) is 0 Å². The number of nitrogens with zero attached hydrogens (tertiary/aromatic N) is 1. The number of hydrogen-bond donors (Lipinski definition) is 1. The molecular formula is C14H25NO3. The molecule has 104 valence electrons. The van der Waals surface area contributed by atoms with E-state index in [1.54, 1.807) is 0 Å². The van der Waals surface area contributed by atoms with Crippen LogP contribution >= 0.6 is 0 Å². The predicted molar refractivity (Wildman–Crippen MR) is 68.2 cm³/mol. The third kappa shape index (κ3) is 2.31. The molecule has 1 aliphatic heterocycles. The molecule has 4 heteroatoms. The fourth-order valence-corrected chi connectivity index (χ4v) is 3.50. The standard InChI is InChI=1S/C14H25NO3/c1-10(11-3-4-11)15(2)12-9-14(6-5-13(12)16)17-7-8-18-14/h10-13,16H,3-9H2,1-2H3. The van der Waals surface area contributed by atoms with Gasteiger partial charge >= 0.3 is 0 Å². The lowest BCUT2D eigenvalue weighted by molar-refractivity contribution is -0.205. The zero-order valence-corrected chi connectivity index (χ0v) is 11.5. The van der Waals surface area contributed by atoms with E-state index >= 15 is 0 Å². The monoisotopic (exact) mass is 255 g/mol. The summed E-state index contributed by atoms with van der Waals surface area (Å²) >= 11 is 0. The van der Waals surface area contributed by atoms with Gasteiger partial charge in [-0.25, -0.2) is 0 Å². The zero-order valence-electron chi connectivity index (χ0n) is 11.5. The van der Waals surface area contributed by atoms with Gasteiger partial charge in [0.2, 0.25) is 0 Å². The molecule has 1 N–H and O–H groups in total. The van der Waals surface area contributed by atoms with Crippen LogP contribution in [0.3, 0.4) is 0 Å². The molecule has 1 heterocycles. The van der Waals surface area contributed by atoms with Crippen LogP contribution < -0.4 is 0 Å². The second-order valence-electron chi connectivity index (χ2n) is 6.23. The molecule has 3 unspecified atom stereocenters. The van der Waals surface area contributed by atoms with Crippen molar-refractivity contribution >= 4 is 0 Å². The zero-order chi connectivity index (χ0) is 12.8. The van der Waals surface area contributed by atoms with Crippen LogP contribution in [0.15, 0.2) is 0 Å². The first-order valence-corrected chi connectivity index (χ1v) is 7.29. The number of ether oxygens (including phenoxy) is 2. The van der Waals surface area contributed by atoms with Gasteiger partial charge in [0, 0.05) is 24.9 Å². The van der Waals surface area contributed by atoms with Gasteiger partial charge in [0.15, 0.2) is 5.79 Å². The molecule has 0 amide bonds. The largest absolute Gasteiger partial charge is 0.391 e. The number of aliphatic hydroxyl groups excluding tert-OH is 1. The Morgan fingerprint density at radius 1 is 1.22 bits per heavy atom. The Labute approximate surface area is 109 Å². The molecule has 3 aliphatic rings. The molecule has 0 aromatic heterocycles. The van der Waals surface area contributed by atoms with Crippen LogP contribution in [0.5, 0.6) is 0 Å². The SMILES string of the molecule is CC(C1CC1)N(C)C1CC2(CCC1O)OCCO2. The quantitative estimate of drug-likeness (QED) is 0.827. The molecule has 0 radical (unpaired) electrons. The van der Waals surface area contributed by atoms with Gasteiger partial charge < -0.3 is 14.6 Å². The van der Waals surface area contributed by atoms with Crippen molar-refractivity contribution in [2.24, 2.45) is 5.92 Å². The average molecular weight is 255 g/mol. The van der Waals surface area contributed by atoms with Crippen molar-refractivity contribution in [3.05, 3.63) is 0 Å². The van der Waals surface area contributed by atoms with Gasteiger partial charge in [-0.05, 0) is 39.2 Å². The molecule has 3 atom stereocenters. The van der Waals surface area contributed by atoms with Crippen molar-refractivity contribution in [1.82, 2.24) is 4.90 Å². The molecule has 18 heavy (non-hydrogen) atoms. The van der Waals surface area contributed by atoms with Crippen LogP contribution in [-0.4, -0.2) is 54.2 Å². The Bertz CT molecular complexity index is 299. The van der Waals surface area contributed by atoms with Gasteiger partial charge in [-0.1, -0.05) is 0 Å². The summed E-state index contributed by atoms with van der Waals surface area (Å²) in [6.07, 6.45) is 4.86. The summed E-state index contributed by atoms with van der Waals surface area (Å²) in [5, 5.41) is 10.3. The van der Waals surface area contributed by atoms with E-state index in [0.29, 0.717) is 19.3 Å². The van der Waals surface area contributed by atoms with E-state index in [0.717, 1.165) is 25.2 Å². The maximum Gasteiger partial charge on any atom is 0.170 e. The lowest BCUT2D eigenvalue weighted by Crippen LogP contribution is -2.54. The van der Waals surface area contributed by atoms with Gasteiger partial charge in [0.1, 0.15) is 0 Å². The van der Waals surface area contributed by atoms with Crippen LogP contribution in [0.2, 0.25) is 0 Å². The molecule has 0 aromatic rings. The first-order valence-electron chi connectivity index (χ1n) is 7.29. The Balaban J connectivity index is 1.68. The van der Waals surface area contributed by atoms with Crippen LogP contribution in [0.25, 0.3) is 0 Å². The van der Waals surface area contributed by atoms with Gasteiger partial charge in [-0.3, -0.25) is 4.90 Å². The second kappa shape index (κ2) is 4.75. The first-order chi connectivity index (χ1) is 8.61. The van der Waals surface area contributed by atoms with Crippen molar-refractivity contribution in [3.8, 4) is 0 Å².